The molecule has 2 aliphatic rings. The van der Waals surface area contributed by atoms with Crippen LogP contribution < -0.4 is 4.74 Å². The summed E-state index contributed by atoms with van der Waals surface area (Å²) in [6, 6.07) is 14.0. The molecule has 10 heteroatoms. The second kappa shape index (κ2) is 11.8. The normalized spacial score (nSPS) is 18.0. The lowest BCUT2D eigenvalue weighted by molar-refractivity contribution is -0.0592. The van der Waals surface area contributed by atoms with Crippen molar-refractivity contribution in [2.45, 2.75) is 51.0 Å². The van der Waals surface area contributed by atoms with Crippen molar-refractivity contribution in [3.05, 3.63) is 93.8 Å². The topological polar surface area (TPSA) is 76.8 Å². The van der Waals surface area contributed by atoms with Crippen LogP contribution in [-0.4, -0.2) is 51.3 Å². The second-order valence-corrected chi connectivity index (χ2v) is 11.1. The molecule has 214 valence electrons. The van der Waals surface area contributed by atoms with Gasteiger partial charge in [-0.15, -0.1) is 0 Å². The lowest BCUT2D eigenvalue weighted by Gasteiger charge is -2.33. The zero-order valence-corrected chi connectivity index (χ0v) is 23.1. The monoisotopic (exact) mass is 581 g/mol. The van der Waals surface area contributed by atoms with Crippen LogP contribution in [0.25, 0.3) is 11.0 Å². The van der Waals surface area contributed by atoms with E-state index in [-0.39, 0.29) is 24.2 Å². The number of carboxylic acids is 1. The molecule has 0 spiro atoms. The Balaban J connectivity index is 1.16. The number of carbonyl (C=O) groups is 1. The molecule has 2 saturated heterocycles. The molecule has 0 aliphatic carbocycles. The van der Waals surface area contributed by atoms with E-state index in [0.29, 0.717) is 29.4 Å². The lowest BCUT2D eigenvalue weighted by Crippen LogP contribution is -2.35. The van der Waals surface area contributed by atoms with Gasteiger partial charge in [-0.25, -0.2) is 18.6 Å². The molecule has 0 saturated carbocycles. The van der Waals surface area contributed by atoms with Crippen LogP contribution in [0.3, 0.4) is 0 Å². The van der Waals surface area contributed by atoms with E-state index in [9.17, 15) is 18.7 Å². The summed E-state index contributed by atoms with van der Waals surface area (Å²) in [5, 5.41) is 9.80. The van der Waals surface area contributed by atoms with E-state index >= 15 is 0 Å². The fourth-order valence-electron chi connectivity index (χ4n) is 5.63. The SMILES string of the molecule is O=C(O)c1ccc2nc(CN3CCC(c4ccc(F)cc4OCc4ccc(Cl)cc4F)CC3)n(C[C@@H]3CCO3)c2c1. The summed E-state index contributed by atoms with van der Waals surface area (Å²) in [5.41, 5.74) is 3.07. The summed E-state index contributed by atoms with van der Waals surface area (Å²) in [6.07, 6.45) is 2.75. The first kappa shape index (κ1) is 27.6. The highest BCUT2D eigenvalue weighted by molar-refractivity contribution is 6.30. The van der Waals surface area contributed by atoms with Crippen LogP contribution in [-0.2, 0) is 24.4 Å². The Morgan fingerprint density at radius 3 is 2.59 bits per heavy atom. The Kier molecular flexibility index (Phi) is 7.92. The van der Waals surface area contributed by atoms with Gasteiger partial charge in [0.2, 0.25) is 0 Å². The van der Waals surface area contributed by atoms with Crippen molar-refractivity contribution >= 4 is 28.6 Å². The average Bonchev–Trinajstić information content (AvgIpc) is 3.26. The first-order valence-electron chi connectivity index (χ1n) is 13.8. The minimum atomic E-state index is -0.967. The van der Waals surface area contributed by atoms with Gasteiger partial charge < -0.3 is 19.1 Å². The first-order chi connectivity index (χ1) is 19.8. The highest BCUT2D eigenvalue weighted by Crippen LogP contribution is 2.36. The predicted octanol–water partition coefficient (Wildman–Crippen LogP) is 6.41. The largest absolute Gasteiger partial charge is 0.488 e. The average molecular weight is 582 g/mol. The van der Waals surface area contributed by atoms with E-state index in [1.165, 1.54) is 18.2 Å². The number of aromatic carboxylic acids is 1. The number of likely N-dealkylation sites (tertiary alicyclic amines) is 1. The number of aromatic nitrogens is 2. The lowest BCUT2D eigenvalue weighted by atomic mass is 9.88. The maximum absolute atomic E-state index is 14.3. The van der Waals surface area contributed by atoms with Crippen LogP contribution in [0, 0.1) is 11.6 Å². The van der Waals surface area contributed by atoms with E-state index in [2.05, 4.69) is 9.47 Å². The third kappa shape index (κ3) is 6.07. The minimum Gasteiger partial charge on any atom is -0.488 e. The van der Waals surface area contributed by atoms with Gasteiger partial charge in [-0.3, -0.25) is 4.90 Å². The number of nitrogens with zero attached hydrogens (tertiary/aromatic N) is 3. The van der Waals surface area contributed by atoms with Gasteiger partial charge >= 0.3 is 5.97 Å². The number of hydrogen-bond donors (Lipinski definition) is 1. The number of halogens is 3. The van der Waals surface area contributed by atoms with E-state index in [1.54, 1.807) is 36.4 Å². The standard InChI is InChI=1S/C31H30ClF2N3O4/c32-22-3-1-21(26(34)14-22)18-41-29-15-23(33)4-5-25(29)19-7-10-36(11-8-19)17-30-35-27-6-2-20(31(38)39)13-28(27)37(30)16-24-9-12-40-24/h1-6,13-15,19,24H,7-12,16-18H2,(H,38,39)/t24-/m0/s1. The van der Waals surface area contributed by atoms with E-state index in [4.69, 9.17) is 26.1 Å². The van der Waals surface area contributed by atoms with Crippen molar-refractivity contribution in [2.75, 3.05) is 19.7 Å². The van der Waals surface area contributed by atoms with Crippen LogP contribution in [0.15, 0.2) is 54.6 Å². The molecular formula is C31H30ClF2N3O4. The van der Waals surface area contributed by atoms with E-state index in [1.807, 2.05) is 0 Å². The molecule has 0 bridgehead atoms. The number of piperidine rings is 1. The Hall–Kier alpha value is -3.53. The number of ether oxygens (including phenoxy) is 2. The number of fused-ring (bicyclic) bond motifs is 1. The van der Waals surface area contributed by atoms with Crippen molar-refractivity contribution in [1.82, 2.24) is 14.5 Å². The molecule has 6 rings (SSSR count). The van der Waals surface area contributed by atoms with Crippen LogP contribution in [0.1, 0.15) is 52.5 Å². The molecule has 3 aromatic carbocycles. The number of imidazole rings is 1. The molecule has 0 radical (unpaired) electrons. The maximum Gasteiger partial charge on any atom is 0.335 e. The summed E-state index contributed by atoms with van der Waals surface area (Å²) in [6.45, 7) is 3.58. The zero-order valence-electron chi connectivity index (χ0n) is 22.4. The predicted molar refractivity (Wildman–Crippen MR) is 150 cm³/mol. The summed E-state index contributed by atoms with van der Waals surface area (Å²) < 4.78 is 42.1. The highest BCUT2D eigenvalue weighted by atomic mass is 35.5. The Morgan fingerprint density at radius 1 is 1.07 bits per heavy atom. The van der Waals surface area contributed by atoms with Crippen molar-refractivity contribution in [1.29, 1.82) is 0 Å². The molecule has 1 N–H and O–H groups in total. The molecular weight excluding hydrogens is 552 g/mol. The number of benzene rings is 3. The summed E-state index contributed by atoms with van der Waals surface area (Å²) in [4.78, 5) is 18.8. The molecule has 2 fully saturated rings. The maximum atomic E-state index is 14.3. The minimum absolute atomic E-state index is 0.0250. The molecule has 0 unspecified atom stereocenters. The first-order valence-corrected chi connectivity index (χ1v) is 14.1. The molecule has 2 aliphatic heterocycles. The summed E-state index contributed by atoms with van der Waals surface area (Å²) >= 11 is 5.86. The molecule has 41 heavy (non-hydrogen) atoms. The van der Waals surface area contributed by atoms with Gasteiger partial charge in [0.1, 0.15) is 29.8 Å². The van der Waals surface area contributed by atoms with Gasteiger partial charge in [-0.05, 0) is 80.2 Å². The Labute approximate surface area is 241 Å². The molecule has 0 amide bonds. The molecule has 3 heterocycles. The fraction of sp³-hybridized carbons (Fsp3) is 0.355. The molecule has 1 aromatic heterocycles. The third-order valence-electron chi connectivity index (χ3n) is 8.02. The Bertz CT molecular complexity index is 1580. The number of hydrogen-bond acceptors (Lipinski definition) is 5. The number of rotatable bonds is 9. The highest BCUT2D eigenvalue weighted by Gasteiger charge is 2.27. The molecule has 4 aromatic rings. The smallest absolute Gasteiger partial charge is 0.335 e. The fourth-order valence-corrected chi connectivity index (χ4v) is 5.79. The van der Waals surface area contributed by atoms with Crippen molar-refractivity contribution in [2.24, 2.45) is 0 Å². The quantitative estimate of drug-likeness (QED) is 0.246. The number of carboxylic acid groups (broad SMARTS) is 1. The second-order valence-electron chi connectivity index (χ2n) is 10.7. The third-order valence-corrected chi connectivity index (χ3v) is 8.26. The van der Waals surface area contributed by atoms with Crippen molar-refractivity contribution in [3.8, 4) is 5.75 Å². The summed E-state index contributed by atoms with van der Waals surface area (Å²) in [5.74, 6) is -0.361. The molecule has 7 nitrogen and oxygen atoms in total. The molecule has 1 atom stereocenters. The van der Waals surface area contributed by atoms with E-state index in [0.717, 1.165) is 61.4 Å². The van der Waals surface area contributed by atoms with Crippen LogP contribution >= 0.6 is 11.6 Å². The van der Waals surface area contributed by atoms with Crippen molar-refractivity contribution in [3.63, 3.8) is 0 Å². The van der Waals surface area contributed by atoms with Gasteiger partial charge in [-0.1, -0.05) is 23.7 Å². The van der Waals surface area contributed by atoms with Gasteiger partial charge in [0.15, 0.2) is 0 Å². The van der Waals surface area contributed by atoms with Crippen LogP contribution in [0.4, 0.5) is 8.78 Å². The van der Waals surface area contributed by atoms with Gasteiger partial charge in [-0.2, -0.15) is 0 Å². The van der Waals surface area contributed by atoms with Crippen LogP contribution in [0.2, 0.25) is 5.02 Å². The van der Waals surface area contributed by atoms with Gasteiger partial charge in [0, 0.05) is 23.3 Å². The van der Waals surface area contributed by atoms with Gasteiger partial charge in [0.05, 0.1) is 35.8 Å². The zero-order chi connectivity index (χ0) is 28.5. The van der Waals surface area contributed by atoms with Crippen molar-refractivity contribution < 1.29 is 28.2 Å². The Morgan fingerprint density at radius 2 is 1.88 bits per heavy atom. The van der Waals surface area contributed by atoms with E-state index < -0.39 is 17.6 Å². The summed E-state index contributed by atoms with van der Waals surface area (Å²) in [7, 11) is 0. The van der Waals surface area contributed by atoms with Crippen LogP contribution in [0.5, 0.6) is 5.75 Å². The van der Waals surface area contributed by atoms with Gasteiger partial charge in [0.25, 0.3) is 0 Å².